The van der Waals surface area contributed by atoms with Crippen molar-refractivity contribution < 1.29 is 13.2 Å². The van der Waals surface area contributed by atoms with E-state index < -0.39 is 10.0 Å². The first kappa shape index (κ1) is 18.0. The molecule has 0 atom stereocenters. The molecule has 1 N–H and O–H groups in total. The third kappa shape index (κ3) is 3.73. The maximum atomic E-state index is 12.6. The molecule has 2 aromatic rings. The van der Waals surface area contributed by atoms with Gasteiger partial charge in [0.05, 0.1) is 0 Å². The molecule has 0 radical (unpaired) electrons. The van der Waals surface area contributed by atoms with Gasteiger partial charge in [-0.15, -0.1) is 0 Å². The maximum Gasteiger partial charge on any atom is 0.270 e. The van der Waals surface area contributed by atoms with Crippen LogP contribution in [0.15, 0.2) is 41.4 Å². The molecule has 134 valence electrons. The quantitative estimate of drug-likeness (QED) is 0.865. The number of aromatic nitrogens is 1. The minimum absolute atomic E-state index is 0.129. The van der Waals surface area contributed by atoms with Crippen molar-refractivity contribution in [3.8, 4) is 0 Å². The van der Waals surface area contributed by atoms with E-state index in [9.17, 15) is 13.2 Å². The molecule has 1 aromatic carbocycles. The van der Waals surface area contributed by atoms with Gasteiger partial charge in [-0.05, 0) is 30.5 Å². The number of carbonyl (C=O) groups excluding carboxylic acids is 1. The van der Waals surface area contributed by atoms with Crippen LogP contribution < -0.4 is 0 Å². The van der Waals surface area contributed by atoms with E-state index in [0.717, 1.165) is 18.4 Å². The summed E-state index contributed by atoms with van der Waals surface area (Å²) in [5.74, 6) is -0.289. The van der Waals surface area contributed by atoms with E-state index in [-0.39, 0.29) is 16.5 Å². The SMILES string of the molecule is CN(Cc1ccccc1Cl)C(=O)c1cc(S(=O)(=O)N2CCCC2)c[nH]1. The van der Waals surface area contributed by atoms with E-state index in [2.05, 4.69) is 4.98 Å². The number of amides is 1. The number of nitrogens with zero attached hydrogens (tertiary/aromatic N) is 2. The van der Waals surface area contributed by atoms with Gasteiger partial charge < -0.3 is 9.88 Å². The average molecular weight is 382 g/mol. The highest BCUT2D eigenvalue weighted by atomic mass is 35.5. The van der Waals surface area contributed by atoms with Crippen LogP contribution in [-0.4, -0.2) is 48.7 Å². The molecule has 1 saturated heterocycles. The Kier molecular flexibility index (Phi) is 5.17. The van der Waals surface area contributed by atoms with Crippen LogP contribution in [0.5, 0.6) is 0 Å². The minimum Gasteiger partial charge on any atom is -0.356 e. The summed E-state index contributed by atoms with van der Waals surface area (Å²) in [5, 5.41) is 0.589. The lowest BCUT2D eigenvalue weighted by Crippen LogP contribution is -2.28. The van der Waals surface area contributed by atoms with Gasteiger partial charge in [-0.2, -0.15) is 4.31 Å². The molecule has 1 aromatic heterocycles. The highest BCUT2D eigenvalue weighted by Gasteiger charge is 2.29. The molecule has 0 bridgehead atoms. The molecule has 0 spiro atoms. The molecule has 1 aliphatic rings. The lowest BCUT2D eigenvalue weighted by Gasteiger charge is -2.17. The van der Waals surface area contributed by atoms with Crippen molar-refractivity contribution in [2.24, 2.45) is 0 Å². The van der Waals surface area contributed by atoms with Gasteiger partial charge >= 0.3 is 0 Å². The highest BCUT2D eigenvalue weighted by Crippen LogP contribution is 2.22. The summed E-state index contributed by atoms with van der Waals surface area (Å²) in [6.07, 6.45) is 3.12. The number of benzene rings is 1. The first-order chi connectivity index (χ1) is 11.9. The Balaban J connectivity index is 1.75. The van der Waals surface area contributed by atoms with Crippen LogP contribution in [0, 0.1) is 0 Å². The summed E-state index contributed by atoms with van der Waals surface area (Å²) in [4.78, 5) is 17.0. The number of rotatable bonds is 5. The third-order valence-electron chi connectivity index (χ3n) is 4.30. The highest BCUT2D eigenvalue weighted by molar-refractivity contribution is 7.89. The summed E-state index contributed by atoms with van der Waals surface area (Å²) in [5.41, 5.74) is 1.07. The van der Waals surface area contributed by atoms with Crippen molar-refractivity contribution >= 4 is 27.5 Å². The van der Waals surface area contributed by atoms with E-state index in [4.69, 9.17) is 11.6 Å². The Morgan fingerprint density at radius 2 is 1.96 bits per heavy atom. The Bertz CT molecular complexity index is 873. The second-order valence-corrected chi connectivity index (χ2v) is 8.46. The van der Waals surface area contributed by atoms with Gasteiger partial charge in [0.25, 0.3) is 5.91 Å². The molecule has 1 amide bonds. The first-order valence-corrected chi connectivity index (χ1v) is 9.89. The fourth-order valence-electron chi connectivity index (χ4n) is 2.88. The van der Waals surface area contributed by atoms with Crippen molar-refractivity contribution in [3.63, 3.8) is 0 Å². The summed E-state index contributed by atoms with van der Waals surface area (Å²) < 4.78 is 26.5. The van der Waals surface area contributed by atoms with Crippen LogP contribution in [0.2, 0.25) is 5.02 Å². The number of H-pyrrole nitrogens is 1. The fraction of sp³-hybridized carbons (Fsp3) is 0.353. The maximum absolute atomic E-state index is 12.6. The smallest absolute Gasteiger partial charge is 0.270 e. The molecule has 1 aliphatic heterocycles. The van der Waals surface area contributed by atoms with Crippen molar-refractivity contribution in [2.45, 2.75) is 24.3 Å². The Morgan fingerprint density at radius 3 is 2.64 bits per heavy atom. The number of hydrogen-bond acceptors (Lipinski definition) is 3. The molecule has 0 aliphatic carbocycles. The molecular formula is C17H20ClN3O3S. The molecule has 2 heterocycles. The second-order valence-electron chi connectivity index (χ2n) is 6.11. The predicted octanol–water partition coefficient (Wildman–Crippen LogP) is 2.72. The zero-order chi connectivity index (χ0) is 18.0. The van der Waals surface area contributed by atoms with Gasteiger partial charge in [0.2, 0.25) is 10.0 Å². The van der Waals surface area contributed by atoms with E-state index in [0.29, 0.717) is 24.7 Å². The topological polar surface area (TPSA) is 73.5 Å². The number of aromatic amines is 1. The van der Waals surface area contributed by atoms with E-state index in [1.807, 2.05) is 18.2 Å². The average Bonchev–Trinajstić information content (AvgIpc) is 3.28. The van der Waals surface area contributed by atoms with E-state index >= 15 is 0 Å². The van der Waals surface area contributed by atoms with Crippen LogP contribution in [0.25, 0.3) is 0 Å². The van der Waals surface area contributed by atoms with Crippen LogP contribution in [0.1, 0.15) is 28.9 Å². The zero-order valence-corrected chi connectivity index (χ0v) is 15.5. The van der Waals surface area contributed by atoms with Crippen LogP contribution in [0.3, 0.4) is 0 Å². The van der Waals surface area contributed by atoms with Crippen molar-refractivity contribution in [3.05, 3.63) is 52.8 Å². The van der Waals surface area contributed by atoms with Gasteiger partial charge in [-0.25, -0.2) is 8.42 Å². The third-order valence-corrected chi connectivity index (χ3v) is 6.55. The molecule has 0 unspecified atom stereocenters. The molecule has 3 rings (SSSR count). The van der Waals surface area contributed by atoms with Crippen LogP contribution in [0.4, 0.5) is 0 Å². The fourth-order valence-corrected chi connectivity index (χ4v) is 4.59. The van der Waals surface area contributed by atoms with Crippen LogP contribution >= 0.6 is 11.6 Å². The van der Waals surface area contributed by atoms with Gasteiger partial charge in [-0.3, -0.25) is 4.79 Å². The van der Waals surface area contributed by atoms with E-state index in [1.54, 1.807) is 13.1 Å². The zero-order valence-electron chi connectivity index (χ0n) is 13.9. The van der Waals surface area contributed by atoms with Crippen molar-refractivity contribution in [2.75, 3.05) is 20.1 Å². The second kappa shape index (κ2) is 7.19. The Morgan fingerprint density at radius 1 is 1.28 bits per heavy atom. The normalized spacial score (nSPS) is 15.4. The summed E-state index contributed by atoms with van der Waals surface area (Å²) in [6, 6.07) is 8.71. The monoisotopic (exact) mass is 381 g/mol. The molecular weight excluding hydrogens is 362 g/mol. The first-order valence-electron chi connectivity index (χ1n) is 8.07. The largest absolute Gasteiger partial charge is 0.356 e. The molecule has 8 heteroatoms. The number of nitrogens with one attached hydrogen (secondary N) is 1. The molecule has 0 saturated carbocycles. The lowest BCUT2D eigenvalue weighted by molar-refractivity contribution is 0.0780. The summed E-state index contributed by atoms with van der Waals surface area (Å²) >= 11 is 6.13. The number of halogens is 1. The van der Waals surface area contributed by atoms with Gasteiger partial charge in [0.1, 0.15) is 10.6 Å². The Labute approximate surface area is 152 Å². The Hall–Kier alpha value is -1.83. The molecule has 25 heavy (non-hydrogen) atoms. The molecule has 6 nitrogen and oxygen atoms in total. The predicted molar refractivity (Wildman–Crippen MR) is 96.0 cm³/mol. The summed E-state index contributed by atoms with van der Waals surface area (Å²) in [7, 11) is -1.88. The number of hydrogen-bond donors (Lipinski definition) is 1. The molecule has 1 fully saturated rings. The van der Waals surface area contributed by atoms with Crippen LogP contribution in [-0.2, 0) is 16.6 Å². The van der Waals surface area contributed by atoms with E-state index in [1.165, 1.54) is 21.5 Å². The van der Waals surface area contributed by atoms with Gasteiger partial charge in [0, 0.05) is 37.9 Å². The lowest BCUT2D eigenvalue weighted by atomic mass is 10.2. The standard InChI is InChI=1S/C17H20ClN3O3S/c1-20(12-13-6-2-3-7-15(13)18)17(22)16-10-14(11-19-16)25(23,24)21-8-4-5-9-21/h2-3,6-7,10-11,19H,4-5,8-9,12H2,1H3. The number of carbonyl (C=O) groups is 1. The van der Waals surface area contributed by atoms with Crippen molar-refractivity contribution in [1.82, 2.24) is 14.2 Å². The van der Waals surface area contributed by atoms with Gasteiger partial charge in [0.15, 0.2) is 0 Å². The number of sulfonamides is 1. The minimum atomic E-state index is -3.53. The van der Waals surface area contributed by atoms with Crippen molar-refractivity contribution in [1.29, 1.82) is 0 Å². The van der Waals surface area contributed by atoms with Gasteiger partial charge in [-0.1, -0.05) is 29.8 Å². The summed E-state index contributed by atoms with van der Waals surface area (Å²) in [6.45, 7) is 1.40.